The average molecular weight is 305 g/mol. The minimum atomic E-state index is -0.414. The number of carbonyl (C=O) groups excluding carboxylic acids is 1. The number of rotatable bonds is 5. The molecule has 1 aliphatic heterocycles. The summed E-state index contributed by atoms with van der Waals surface area (Å²) in [6.07, 6.45) is 2.85. The van der Waals surface area contributed by atoms with E-state index in [1.165, 1.54) is 4.68 Å². The molecule has 0 unspecified atom stereocenters. The maximum Gasteiger partial charge on any atom is 0.327 e. The third kappa shape index (κ3) is 2.86. The van der Waals surface area contributed by atoms with Crippen LogP contribution in [0.3, 0.4) is 0 Å². The number of hydrogen-bond acceptors (Lipinski definition) is 9. The maximum atomic E-state index is 11.5. The van der Waals surface area contributed by atoms with E-state index in [4.69, 9.17) is 4.74 Å². The first kappa shape index (κ1) is 14.3. The average Bonchev–Trinajstić information content (AvgIpc) is 2.92. The summed E-state index contributed by atoms with van der Waals surface area (Å²) in [6, 6.07) is 0. The molecule has 22 heavy (non-hydrogen) atoms. The first-order chi connectivity index (χ1) is 10.7. The largest absolute Gasteiger partial charge is 0.465 e. The van der Waals surface area contributed by atoms with Crippen molar-refractivity contribution >= 4 is 11.9 Å². The van der Waals surface area contributed by atoms with Crippen LogP contribution in [0.5, 0.6) is 0 Å². The second kappa shape index (κ2) is 6.02. The van der Waals surface area contributed by atoms with Gasteiger partial charge in [-0.05, 0) is 17.4 Å². The van der Waals surface area contributed by atoms with E-state index in [0.717, 1.165) is 0 Å². The molecule has 2 aromatic heterocycles. The van der Waals surface area contributed by atoms with Crippen LogP contribution in [-0.4, -0.2) is 67.1 Å². The van der Waals surface area contributed by atoms with Crippen molar-refractivity contribution in [1.82, 2.24) is 30.2 Å². The first-order valence-electron chi connectivity index (χ1n) is 6.84. The fraction of sp³-hybridized carbons (Fsp3) is 0.500. The van der Waals surface area contributed by atoms with Gasteiger partial charge in [-0.25, -0.2) is 14.6 Å². The number of carbonyl (C=O) groups is 1. The Morgan fingerprint density at radius 1 is 1.41 bits per heavy atom. The van der Waals surface area contributed by atoms with Crippen LogP contribution >= 0.6 is 0 Å². The SMILES string of the molecule is CCOC(=O)Cn1nnnc1-c1cnc(N2CC(O)C2)nc1. The van der Waals surface area contributed by atoms with Gasteiger partial charge in [0.05, 0.1) is 18.3 Å². The standard InChI is InChI=1S/C12H15N7O3/c1-2-22-10(21)7-19-11(15-16-17-19)8-3-13-12(14-4-8)18-5-9(20)6-18/h3-4,9,20H,2,5-7H2,1H3. The van der Waals surface area contributed by atoms with E-state index in [-0.39, 0.29) is 12.6 Å². The van der Waals surface area contributed by atoms with Crippen molar-refractivity contribution < 1.29 is 14.6 Å². The highest BCUT2D eigenvalue weighted by molar-refractivity contribution is 5.70. The number of aliphatic hydroxyl groups excluding tert-OH is 1. The first-order valence-corrected chi connectivity index (χ1v) is 6.84. The van der Waals surface area contributed by atoms with Crippen LogP contribution in [0.1, 0.15) is 6.92 Å². The maximum absolute atomic E-state index is 11.5. The number of aromatic nitrogens is 6. The predicted octanol–water partition coefficient (Wildman–Crippen LogP) is -1.13. The molecule has 0 amide bonds. The Hall–Kier alpha value is -2.62. The van der Waals surface area contributed by atoms with Crippen molar-refractivity contribution in [1.29, 1.82) is 0 Å². The molecule has 3 heterocycles. The highest BCUT2D eigenvalue weighted by Gasteiger charge is 2.26. The molecule has 2 aromatic rings. The summed E-state index contributed by atoms with van der Waals surface area (Å²) in [5, 5.41) is 20.5. The fourth-order valence-electron chi connectivity index (χ4n) is 2.07. The Labute approximate surface area is 125 Å². The predicted molar refractivity (Wildman–Crippen MR) is 73.7 cm³/mol. The second-order valence-corrected chi connectivity index (χ2v) is 4.80. The number of tetrazole rings is 1. The van der Waals surface area contributed by atoms with Crippen LogP contribution in [0.15, 0.2) is 12.4 Å². The van der Waals surface area contributed by atoms with Gasteiger partial charge in [0.1, 0.15) is 6.54 Å². The lowest BCUT2D eigenvalue weighted by Crippen LogP contribution is -2.51. The highest BCUT2D eigenvalue weighted by Crippen LogP contribution is 2.19. The van der Waals surface area contributed by atoms with E-state index < -0.39 is 5.97 Å². The minimum absolute atomic E-state index is 0.0732. The zero-order chi connectivity index (χ0) is 15.5. The molecule has 1 N–H and O–H groups in total. The molecule has 0 aliphatic carbocycles. The third-order valence-corrected chi connectivity index (χ3v) is 3.16. The summed E-state index contributed by atoms with van der Waals surface area (Å²) in [6.45, 7) is 3.02. The highest BCUT2D eigenvalue weighted by atomic mass is 16.5. The van der Waals surface area contributed by atoms with Crippen LogP contribution in [0.2, 0.25) is 0 Å². The van der Waals surface area contributed by atoms with E-state index in [9.17, 15) is 9.90 Å². The minimum Gasteiger partial charge on any atom is -0.465 e. The summed E-state index contributed by atoms with van der Waals surface area (Å²) in [4.78, 5) is 21.8. The van der Waals surface area contributed by atoms with E-state index in [1.54, 1.807) is 19.3 Å². The van der Waals surface area contributed by atoms with Gasteiger partial charge in [0.15, 0.2) is 5.82 Å². The number of nitrogens with zero attached hydrogens (tertiary/aromatic N) is 7. The topological polar surface area (TPSA) is 119 Å². The summed E-state index contributed by atoms with van der Waals surface area (Å²) in [7, 11) is 0. The Kier molecular flexibility index (Phi) is 3.92. The molecular formula is C12H15N7O3. The molecular weight excluding hydrogens is 290 g/mol. The van der Waals surface area contributed by atoms with Crippen LogP contribution in [0.4, 0.5) is 5.95 Å². The van der Waals surface area contributed by atoms with Gasteiger partial charge >= 0.3 is 5.97 Å². The van der Waals surface area contributed by atoms with Gasteiger partial charge in [0, 0.05) is 25.5 Å². The Morgan fingerprint density at radius 3 is 2.77 bits per heavy atom. The number of esters is 1. The Bertz CT molecular complexity index is 651. The third-order valence-electron chi connectivity index (χ3n) is 3.16. The van der Waals surface area contributed by atoms with Crippen molar-refractivity contribution in [3.8, 4) is 11.4 Å². The fourth-order valence-corrected chi connectivity index (χ4v) is 2.07. The van der Waals surface area contributed by atoms with Crippen LogP contribution in [0.25, 0.3) is 11.4 Å². The molecule has 10 heteroatoms. The number of aliphatic hydroxyl groups is 1. The summed E-state index contributed by atoms with van der Waals surface area (Å²) >= 11 is 0. The zero-order valence-electron chi connectivity index (χ0n) is 12.0. The summed E-state index contributed by atoms with van der Waals surface area (Å²) in [5.41, 5.74) is 0.596. The summed E-state index contributed by atoms with van der Waals surface area (Å²) in [5.74, 6) is 0.518. The lowest BCUT2D eigenvalue weighted by Gasteiger charge is -2.35. The molecule has 1 fully saturated rings. The van der Waals surface area contributed by atoms with Gasteiger partial charge in [-0.1, -0.05) is 0 Å². The lowest BCUT2D eigenvalue weighted by atomic mass is 10.2. The number of hydrogen-bond donors (Lipinski definition) is 1. The molecule has 0 bridgehead atoms. The molecule has 10 nitrogen and oxygen atoms in total. The smallest absolute Gasteiger partial charge is 0.327 e. The number of ether oxygens (including phenoxy) is 1. The lowest BCUT2D eigenvalue weighted by molar-refractivity contribution is -0.144. The van der Waals surface area contributed by atoms with E-state index in [0.29, 0.717) is 37.0 Å². The second-order valence-electron chi connectivity index (χ2n) is 4.80. The summed E-state index contributed by atoms with van der Waals surface area (Å²) < 4.78 is 6.21. The molecule has 3 rings (SSSR count). The monoisotopic (exact) mass is 305 g/mol. The molecule has 0 spiro atoms. The normalized spacial score (nSPS) is 14.7. The van der Waals surface area contributed by atoms with E-state index in [1.807, 2.05) is 4.90 Å². The molecule has 1 saturated heterocycles. The van der Waals surface area contributed by atoms with Crippen molar-refractivity contribution in [2.45, 2.75) is 19.6 Å². The van der Waals surface area contributed by atoms with Gasteiger partial charge in [-0.2, -0.15) is 0 Å². The van der Waals surface area contributed by atoms with Gasteiger partial charge in [0.2, 0.25) is 5.95 Å². The van der Waals surface area contributed by atoms with Gasteiger partial charge in [-0.3, -0.25) is 4.79 Å². The Morgan fingerprint density at radius 2 is 2.14 bits per heavy atom. The molecule has 0 aromatic carbocycles. The van der Waals surface area contributed by atoms with Crippen LogP contribution < -0.4 is 4.90 Å². The van der Waals surface area contributed by atoms with Crippen molar-refractivity contribution in [3.05, 3.63) is 12.4 Å². The number of anilines is 1. The number of β-amino-alcohol motifs (C(OH)–C–C–N with tert-alkyl or cyclic N) is 1. The van der Waals surface area contributed by atoms with Crippen LogP contribution in [-0.2, 0) is 16.1 Å². The molecule has 0 saturated carbocycles. The van der Waals surface area contributed by atoms with Gasteiger partial charge in [0.25, 0.3) is 0 Å². The van der Waals surface area contributed by atoms with E-state index >= 15 is 0 Å². The molecule has 1 aliphatic rings. The van der Waals surface area contributed by atoms with Crippen molar-refractivity contribution in [2.75, 3.05) is 24.6 Å². The van der Waals surface area contributed by atoms with Gasteiger partial charge < -0.3 is 14.7 Å². The molecule has 116 valence electrons. The van der Waals surface area contributed by atoms with Gasteiger partial charge in [-0.15, -0.1) is 5.10 Å². The quantitative estimate of drug-likeness (QED) is 0.684. The van der Waals surface area contributed by atoms with Crippen molar-refractivity contribution in [2.24, 2.45) is 0 Å². The van der Waals surface area contributed by atoms with Crippen molar-refractivity contribution in [3.63, 3.8) is 0 Å². The molecule has 0 radical (unpaired) electrons. The molecule has 0 atom stereocenters. The van der Waals surface area contributed by atoms with E-state index in [2.05, 4.69) is 25.5 Å². The zero-order valence-corrected chi connectivity index (χ0v) is 12.0. The van der Waals surface area contributed by atoms with Crippen LogP contribution in [0, 0.1) is 0 Å². The Balaban J connectivity index is 1.74.